The van der Waals surface area contributed by atoms with E-state index in [9.17, 15) is 4.39 Å². The van der Waals surface area contributed by atoms with Crippen LogP contribution >= 0.6 is 0 Å². The molecule has 0 unspecified atom stereocenters. The Morgan fingerprint density at radius 2 is 1.29 bits per heavy atom. The molecule has 0 aliphatic carbocycles. The van der Waals surface area contributed by atoms with Gasteiger partial charge < -0.3 is 0 Å². The van der Waals surface area contributed by atoms with E-state index in [1.165, 1.54) is 0 Å². The van der Waals surface area contributed by atoms with Crippen molar-refractivity contribution in [3.63, 3.8) is 0 Å². The fourth-order valence-electron chi connectivity index (χ4n) is 2.64. The second-order valence-electron chi connectivity index (χ2n) is 5.05. The number of rotatable bonds is 3. The Bertz CT molecular complexity index is 731. The van der Waals surface area contributed by atoms with Crippen LogP contribution < -0.4 is 0 Å². The number of halogens is 1. The fourth-order valence-corrected chi connectivity index (χ4v) is 2.64. The van der Waals surface area contributed by atoms with Gasteiger partial charge in [-0.1, -0.05) is 79.7 Å². The van der Waals surface area contributed by atoms with Crippen molar-refractivity contribution in [3.8, 4) is 22.3 Å². The van der Waals surface area contributed by atoms with E-state index < -0.39 is 0 Å². The molecule has 0 aromatic heterocycles. The Morgan fingerprint density at radius 1 is 0.714 bits per heavy atom. The van der Waals surface area contributed by atoms with E-state index in [4.69, 9.17) is 0 Å². The van der Waals surface area contributed by atoms with E-state index in [-0.39, 0.29) is 5.82 Å². The van der Waals surface area contributed by atoms with Gasteiger partial charge in [-0.2, -0.15) is 0 Å². The van der Waals surface area contributed by atoms with E-state index in [0.29, 0.717) is 12.0 Å². The van der Waals surface area contributed by atoms with Gasteiger partial charge in [-0.3, -0.25) is 0 Å². The Hall–Kier alpha value is -2.41. The smallest absolute Gasteiger partial charge is 0.134 e. The third kappa shape index (κ3) is 2.59. The number of hydrogen-bond acceptors (Lipinski definition) is 0. The predicted molar refractivity (Wildman–Crippen MR) is 86.7 cm³/mol. The zero-order valence-electron chi connectivity index (χ0n) is 12.0. The predicted octanol–water partition coefficient (Wildman–Crippen LogP) is 5.72. The van der Waals surface area contributed by atoms with Crippen LogP contribution in [0.2, 0.25) is 0 Å². The molecule has 0 fully saturated rings. The zero-order chi connectivity index (χ0) is 14.7. The first-order valence-corrected chi connectivity index (χ1v) is 7.23. The normalized spacial score (nSPS) is 10.6. The number of hydrogen-bond donors (Lipinski definition) is 0. The number of benzene rings is 3. The molecule has 0 saturated carbocycles. The standard InChI is InChI=1S/C20H17F/c1-2-15-13-14-18(16-9-5-3-6-10-16)19(20(15)21)17-11-7-4-8-12-17/h3-14H,2H2,1H3. The molecule has 3 aromatic rings. The van der Waals surface area contributed by atoms with E-state index >= 15 is 0 Å². The van der Waals surface area contributed by atoms with Crippen LogP contribution in [0.15, 0.2) is 72.8 Å². The lowest BCUT2D eigenvalue weighted by atomic mass is 9.91. The molecule has 0 atom stereocenters. The third-order valence-electron chi connectivity index (χ3n) is 3.75. The van der Waals surface area contributed by atoms with Crippen molar-refractivity contribution in [2.24, 2.45) is 0 Å². The summed E-state index contributed by atoms with van der Waals surface area (Å²) in [6.07, 6.45) is 0.695. The SMILES string of the molecule is CCc1ccc(-c2ccccc2)c(-c2ccccc2)c1F. The fraction of sp³-hybridized carbons (Fsp3) is 0.100. The molecule has 0 N–H and O–H groups in total. The minimum Gasteiger partial charge on any atom is -0.206 e. The Labute approximate surface area is 124 Å². The molecule has 104 valence electrons. The van der Waals surface area contributed by atoms with Gasteiger partial charge in [0.2, 0.25) is 0 Å². The summed E-state index contributed by atoms with van der Waals surface area (Å²) in [6.45, 7) is 1.98. The van der Waals surface area contributed by atoms with Crippen molar-refractivity contribution >= 4 is 0 Å². The average molecular weight is 276 g/mol. The molecule has 0 saturated heterocycles. The first kappa shape index (κ1) is 13.6. The van der Waals surface area contributed by atoms with Crippen LogP contribution in [0, 0.1) is 5.82 Å². The van der Waals surface area contributed by atoms with Crippen LogP contribution in [-0.4, -0.2) is 0 Å². The van der Waals surface area contributed by atoms with Crippen LogP contribution in [0.3, 0.4) is 0 Å². The molecule has 0 amide bonds. The van der Waals surface area contributed by atoms with Crippen molar-refractivity contribution in [1.82, 2.24) is 0 Å². The largest absolute Gasteiger partial charge is 0.206 e. The summed E-state index contributed by atoms with van der Waals surface area (Å²) >= 11 is 0. The van der Waals surface area contributed by atoms with Gasteiger partial charge in [0.05, 0.1) is 0 Å². The molecular weight excluding hydrogens is 259 g/mol. The first-order chi connectivity index (χ1) is 10.3. The van der Waals surface area contributed by atoms with Gasteiger partial charge in [0.15, 0.2) is 0 Å². The van der Waals surface area contributed by atoms with E-state index in [2.05, 4.69) is 0 Å². The molecule has 0 aliphatic heterocycles. The van der Waals surface area contributed by atoms with Crippen molar-refractivity contribution in [2.45, 2.75) is 13.3 Å². The summed E-state index contributed by atoms with van der Waals surface area (Å²) in [5.74, 6) is -0.106. The van der Waals surface area contributed by atoms with E-state index in [1.54, 1.807) is 0 Å². The Kier molecular flexibility index (Phi) is 3.83. The van der Waals surface area contributed by atoms with E-state index in [0.717, 1.165) is 22.3 Å². The summed E-state index contributed by atoms with van der Waals surface area (Å²) in [5.41, 5.74) is 4.35. The number of aryl methyl sites for hydroxylation is 1. The second kappa shape index (κ2) is 5.92. The maximum atomic E-state index is 14.9. The van der Waals surface area contributed by atoms with Crippen LogP contribution in [0.4, 0.5) is 4.39 Å². The minimum atomic E-state index is -0.106. The molecule has 3 rings (SSSR count). The van der Waals surface area contributed by atoms with E-state index in [1.807, 2.05) is 79.7 Å². The topological polar surface area (TPSA) is 0 Å². The van der Waals surface area contributed by atoms with Crippen molar-refractivity contribution < 1.29 is 4.39 Å². The monoisotopic (exact) mass is 276 g/mol. The lowest BCUT2D eigenvalue weighted by molar-refractivity contribution is 0.616. The van der Waals surface area contributed by atoms with Crippen molar-refractivity contribution in [3.05, 3.63) is 84.2 Å². The quantitative estimate of drug-likeness (QED) is 0.573. The van der Waals surface area contributed by atoms with Gasteiger partial charge in [0, 0.05) is 5.56 Å². The third-order valence-corrected chi connectivity index (χ3v) is 3.75. The highest BCUT2D eigenvalue weighted by molar-refractivity contribution is 5.84. The molecule has 0 spiro atoms. The molecule has 21 heavy (non-hydrogen) atoms. The maximum absolute atomic E-state index is 14.9. The Morgan fingerprint density at radius 3 is 1.86 bits per heavy atom. The van der Waals surface area contributed by atoms with Crippen LogP contribution in [-0.2, 0) is 6.42 Å². The summed E-state index contributed by atoms with van der Waals surface area (Å²) in [6, 6.07) is 23.7. The minimum absolute atomic E-state index is 0.106. The van der Waals surface area contributed by atoms with Gasteiger partial charge in [-0.15, -0.1) is 0 Å². The molecule has 0 bridgehead atoms. The van der Waals surface area contributed by atoms with Crippen LogP contribution in [0.1, 0.15) is 12.5 Å². The molecule has 0 nitrogen and oxygen atoms in total. The van der Waals surface area contributed by atoms with Crippen molar-refractivity contribution in [2.75, 3.05) is 0 Å². The molecule has 3 aromatic carbocycles. The van der Waals surface area contributed by atoms with Crippen LogP contribution in [0.25, 0.3) is 22.3 Å². The maximum Gasteiger partial charge on any atom is 0.134 e. The van der Waals surface area contributed by atoms with Gasteiger partial charge in [-0.25, -0.2) is 4.39 Å². The first-order valence-electron chi connectivity index (χ1n) is 7.23. The Balaban J connectivity index is 2.28. The van der Waals surface area contributed by atoms with Crippen molar-refractivity contribution in [1.29, 1.82) is 0 Å². The summed E-state index contributed by atoms with van der Waals surface area (Å²) in [4.78, 5) is 0. The molecule has 0 heterocycles. The summed E-state index contributed by atoms with van der Waals surface area (Å²) in [5, 5.41) is 0. The highest BCUT2D eigenvalue weighted by atomic mass is 19.1. The molecule has 0 aliphatic rings. The van der Waals surface area contributed by atoms with Gasteiger partial charge in [0.1, 0.15) is 5.82 Å². The molecule has 1 heteroatoms. The van der Waals surface area contributed by atoms with Gasteiger partial charge in [0.25, 0.3) is 0 Å². The summed E-state index contributed by atoms with van der Waals surface area (Å²) < 4.78 is 14.9. The summed E-state index contributed by atoms with van der Waals surface area (Å²) in [7, 11) is 0. The molecule has 0 radical (unpaired) electrons. The lowest BCUT2D eigenvalue weighted by Gasteiger charge is -2.14. The van der Waals surface area contributed by atoms with Gasteiger partial charge in [-0.05, 0) is 28.7 Å². The second-order valence-corrected chi connectivity index (χ2v) is 5.05. The van der Waals surface area contributed by atoms with Crippen LogP contribution in [0.5, 0.6) is 0 Å². The lowest BCUT2D eigenvalue weighted by Crippen LogP contribution is -1.95. The van der Waals surface area contributed by atoms with Gasteiger partial charge >= 0.3 is 0 Å². The highest BCUT2D eigenvalue weighted by Gasteiger charge is 2.15. The molecular formula is C20H17F. The zero-order valence-corrected chi connectivity index (χ0v) is 12.0. The average Bonchev–Trinajstić information content (AvgIpc) is 2.56. The highest BCUT2D eigenvalue weighted by Crippen LogP contribution is 2.35.